The predicted molar refractivity (Wildman–Crippen MR) is 93.6 cm³/mol. The van der Waals surface area contributed by atoms with Crippen molar-refractivity contribution in [3.8, 4) is 0 Å². The summed E-state index contributed by atoms with van der Waals surface area (Å²) in [5, 5.41) is 0.186. The maximum atomic E-state index is 12.6. The summed E-state index contributed by atoms with van der Waals surface area (Å²) in [5.74, 6) is 0. The van der Waals surface area contributed by atoms with Crippen LogP contribution in [0, 0.1) is 6.92 Å². The molecule has 0 aliphatic carbocycles. The average Bonchev–Trinajstić information content (AvgIpc) is 2.77. The number of anilines is 1. The van der Waals surface area contributed by atoms with Crippen LogP contribution in [0.15, 0.2) is 44.5 Å². The molecule has 0 unspecified atom stereocenters. The summed E-state index contributed by atoms with van der Waals surface area (Å²) in [6.45, 7) is 1.70. The summed E-state index contributed by atoms with van der Waals surface area (Å²) >= 11 is 9.40. The lowest BCUT2D eigenvalue weighted by atomic mass is 10.2. The van der Waals surface area contributed by atoms with E-state index in [1.54, 1.807) is 19.1 Å². The Morgan fingerprint density at radius 1 is 1.13 bits per heavy atom. The van der Waals surface area contributed by atoms with E-state index < -0.39 is 10.0 Å². The van der Waals surface area contributed by atoms with Crippen LogP contribution in [0.5, 0.6) is 0 Å². The molecule has 120 valence electrons. The summed E-state index contributed by atoms with van der Waals surface area (Å²) < 4.78 is 28.4. The number of imidazole rings is 1. The van der Waals surface area contributed by atoms with Gasteiger partial charge in [0, 0.05) is 4.47 Å². The Hall–Kier alpha value is -1.77. The molecule has 3 N–H and O–H groups in total. The first-order valence-corrected chi connectivity index (χ1v) is 9.12. The minimum absolute atomic E-state index is 0.152. The molecule has 1 aromatic heterocycles. The highest BCUT2D eigenvalue weighted by atomic mass is 79.9. The molecule has 0 spiro atoms. The van der Waals surface area contributed by atoms with Crippen molar-refractivity contribution in [1.82, 2.24) is 9.97 Å². The lowest BCUT2D eigenvalue weighted by Gasteiger charge is -2.12. The lowest BCUT2D eigenvalue weighted by Crippen LogP contribution is -2.14. The minimum Gasteiger partial charge on any atom is -0.306 e. The molecule has 0 aliphatic rings. The quantitative estimate of drug-likeness (QED) is 0.611. The average molecular weight is 417 g/mol. The van der Waals surface area contributed by atoms with Crippen LogP contribution in [0.1, 0.15) is 5.56 Å². The van der Waals surface area contributed by atoms with E-state index in [1.807, 2.05) is 0 Å². The predicted octanol–water partition coefficient (Wildman–Crippen LogP) is 3.38. The Kier molecular flexibility index (Phi) is 3.99. The molecule has 0 saturated heterocycles. The van der Waals surface area contributed by atoms with E-state index in [1.165, 1.54) is 18.2 Å². The molecule has 3 aromatic rings. The van der Waals surface area contributed by atoms with Crippen LogP contribution >= 0.6 is 27.5 Å². The number of aryl methyl sites for hydroxylation is 1. The Morgan fingerprint density at radius 3 is 2.43 bits per heavy atom. The van der Waals surface area contributed by atoms with Gasteiger partial charge in [0.15, 0.2) is 0 Å². The number of sulfonamides is 1. The molecule has 0 fully saturated rings. The third kappa shape index (κ3) is 3.15. The molecule has 6 nitrogen and oxygen atoms in total. The zero-order valence-corrected chi connectivity index (χ0v) is 14.9. The molecule has 9 heteroatoms. The van der Waals surface area contributed by atoms with Gasteiger partial charge in [-0.3, -0.25) is 4.72 Å². The second-order valence-corrected chi connectivity index (χ2v) is 7.95. The first kappa shape index (κ1) is 16.1. The van der Waals surface area contributed by atoms with Gasteiger partial charge in [0.05, 0.1) is 26.6 Å². The maximum absolute atomic E-state index is 12.6. The maximum Gasteiger partial charge on any atom is 0.323 e. The topological polar surface area (TPSA) is 94.8 Å². The summed E-state index contributed by atoms with van der Waals surface area (Å²) in [6.07, 6.45) is 0. The van der Waals surface area contributed by atoms with Gasteiger partial charge >= 0.3 is 5.69 Å². The van der Waals surface area contributed by atoms with E-state index in [9.17, 15) is 13.2 Å². The number of aromatic amines is 2. The van der Waals surface area contributed by atoms with Gasteiger partial charge in [-0.25, -0.2) is 13.2 Å². The second kappa shape index (κ2) is 5.70. The molecule has 1 heterocycles. The van der Waals surface area contributed by atoms with Crippen molar-refractivity contribution in [3.05, 3.63) is 55.9 Å². The third-order valence-corrected chi connectivity index (χ3v) is 5.61. The number of halogens is 2. The lowest BCUT2D eigenvalue weighted by molar-refractivity contribution is 0.600. The van der Waals surface area contributed by atoms with E-state index in [0.29, 0.717) is 16.6 Å². The van der Waals surface area contributed by atoms with E-state index >= 15 is 0 Å². The number of rotatable bonds is 3. The molecule has 2 aromatic carbocycles. The van der Waals surface area contributed by atoms with Crippen LogP contribution in [-0.2, 0) is 10.0 Å². The zero-order valence-electron chi connectivity index (χ0n) is 11.8. The van der Waals surface area contributed by atoms with Crippen molar-refractivity contribution in [1.29, 1.82) is 0 Å². The van der Waals surface area contributed by atoms with Crippen molar-refractivity contribution in [2.75, 3.05) is 4.72 Å². The summed E-state index contributed by atoms with van der Waals surface area (Å²) in [7, 11) is -3.80. The first-order valence-electron chi connectivity index (χ1n) is 6.47. The van der Waals surface area contributed by atoms with E-state index in [2.05, 4.69) is 30.6 Å². The molecule has 0 amide bonds. The van der Waals surface area contributed by atoms with Gasteiger partial charge in [0.1, 0.15) is 0 Å². The Bertz CT molecular complexity index is 1070. The number of hydrogen-bond donors (Lipinski definition) is 3. The molecular formula is C14H11BrClN3O3S. The largest absolute Gasteiger partial charge is 0.323 e. The van der Waals surface area contributed by atoms with Gasteiger partial charge in [-0.2, -0.15) is 0 Å². The minimum atomic E-state index is -3.80. The van der Waals surface area contributed by atoms with E-state index in [-0.39, 0.29) is 21.3 Å². The molecule has 0 radical (unpaired) electrons. The fraction of sp³-hybridized carbons (Fsp3) is 0.0714. The SMILES string of the molecule is Cc1cc(Br)ccc1S(=O)(=O)Nc1cc2[nH]c(=O)[nH]c2cc1Cl. The monoisotopic (exact) mass is 415 g/mol. The van der Waals surface area contributed by atoms with Gasteiger partial charge in [-0.05, 0) is 42.8 Å². The van der Waals surface area contributed by atoms with E-state index in [4.69, 9.17) is 11.6 Å². The fourth-order valence-electron chi connectivity index (χ4n) is 2.25. The number of H-pyrrole nitrogens is 2. The van der Waals surface area contributed by atoms with Crippen molar-refractivity contribution in [3.63, 3.8) is 0 Å². The van der Waals surface area contributed by atoms with Crippen LogP contribution in [0.25, 0.3) is 11.0 Å². The van der Waals surface area contributed by atoms with Gasteiger partial charge in [-0.1, -0.05) is 27.5 Å². The van der Waals surface area contributed by atoms with Gasteiger partial charge in [-0.15, -0.1) is 0 Å². The highest BCUT2D eigenvalue weighted by Crippen LogP contribution is 2.29. The number of nitrogens with one attached hydrogen (secondary N) is 3. The first-order chi connectivity index (χ1) is 10.8. The van der Waals surface area contributed by atoms with Crippen LogP contribution in [0.2, 0.25) is 5.02 Å². The van der Waals surface area contributed by atoms with E-state index in [0.717, 1.165) is 4.47 Å². The number of hydrogen-bond acceptors (Lipinski definition) is 3. The smallest absolute Gasteiger partial charge is 0.306 e. The van der Waals surface area contributed by atoms with Gasteiger partial charge in [0.25, 0.3) is 10.0 Å². The Balaban J connectivity index is 2.06. The molecule has 3 rings (SSSR count). The van der Waals surface area contributed by atoms with Crippen molar-refractivity contribution < 1.29 is 8.42 Å². The molecule has 0 aliphatic heterocycles. The normalized spacial score (nSPS) is 11.8. The van der Waals surface area contributed by atoms with Crippen molar-refractivity contribution >= 4 is 54.3 Å². The molecular weight excluding hydrogens is 406 g/mol. The van der Waals surface area contributed by atoms with Crippen molar-refractivity contribution in [2.24, 2.45) is 0 Å². The number of fused-ring (bicyclic) bond motifs is 1. The Morgan fingerprint density at radius 2 is 1.78 bits per heavy atom. The Labute approximate surface area is 145 Å². The molecule has 23 heavy (non-hydrogen) atoms. The van der Waals surface area contributed by atoms with Gasteiger partial charge in [0.2, 0.25) is 0 Å². The summed E-state index contributed by atoms with van der Waals surface area (Å²) in [5.41, 5.74) is 1.36. The standard InChI is InChI=1S/C14H11BrClN3O3S/c1-7-4-8(15)2-3-13(7)23(21,22)19-10-6-12-11(5-9(10)16)17-14(20)18-12/h2-6,19H,1H3,(H2,17,18,20). The highest BCUT2D eigenvalue weighted by Gasteiger charge is 2.19. The molecule has 0 bridgehead atoms. The van der Waals surface area contributed by atoms with Crippen LogP contribution in [0.4, 0.5) is 5.69 Å². The summed E-state index contributed by atoms with van der Waals surface area (Å²) in [4.78, 5) is 16.6. The van der Waals surface area contributed by atoms with Crippen LogP contribution in [0.3, 0.4) is 0 Å². The number of benzene rings is 2. The van der Waals surface area contributed by atoms with Crippen molar-refractivity contribution in [2.45, 2.75) is 11.8 Å². The third-order valence-electron chi connectivity index (χ3n) is 3.27. The second-order valence-electron chi connectivity index (χ2n) is 4.97. The van der Waals surface area contributed by atoms with Crippen LogP contribution in [-0.4, -0.2) is 18.4 Å². The molecule has 0 atom stereocenters. The highest BCUT2D eigenvalue weighted by molar-refractivity contribution is 9.10. The number of aromatic nitrogens is 2. The van der Waals surface area contributed by atoms with Gasteiger partial charge < -0.3 is 9.97 Å². The molecule has 0 saturated carbocycles. The fourth-order valence-corrected chi connectivity index (χ4v) is 4.29. The zero-order chi connectivity index (χ0) is 16.8. The van der Waals surface area contributed by atoms with Crippen LogP contribution < -0.4 is 10.4 Å². The summed E-state index contributed by atoms with van der Waals surface area (Å²) in [6, 6.07) is 7.83.